The molecule has 1 saturated heterocycles. The molecule has 30 heavy (non-hydrogen) atoms. The molecule has 0 bridgehead atoms. The van der Waals surface area contributed by atoms with Crippen molar-refractivity contribution in [2.75, 3.05) is 6.61 Å². The predicted molar refractivity (Wildman–Crippen MR) is 92.0 cm³/mol. The van der Waals surface area contributed by atoms with Crippen LogP contribution in [0.4, 0.5) is 4.39 Å². The minimum Gasteiger partial charge on any atom is -0.463 e. The van der Waals surface area contributed by atoms with Gasteiger partial charge in [-0.05, 0) is 0 Å². The highest BCUT2D eigenvalue weighted by Crippen LogP contribution is 2.35. The molecule has 1 aliphatic heterocycles. The van der Waals surface area contributed by atoms with Gasteiger partial charge in [0, 0.05) is 20.8 Å². The quantitative estimate of drug-likeness (QED) is 0.461. The van der Waals surface area contributed by atoms with Gasteiger partial charge in [-0.15, -0.1) is 0 Å². The number of nitrogens with zero attached hydrogens (tertiary/aromatic N) is 2. The van der Waals surface area contributed by atoms with Crippen molar-refractivity contribution in [3.63, 3.8) is 0 Å². The monoisotopic (exact) mass is 427 g/mol. The maximum Gasteiger partial charge on any atom is 0.330 e. The zero-order chi connectivity index (χ0) is 22.6. The van der Waals surface area contributed by atoms with E-state index < -0.39 is 72.0 Å². The SMILES string of the molecule is CC(=O)OC[C@H]1O[C@@H](n2cc(F)c(=O)[nH]c2=O)[C@H](OC(C)=O)[C@H](C#N)[C@@H]1OC(C)=O. The molecule has 13 heteroatoms. The highest BCUT2D eigenvalue weighted by Gasteiger charge is 2.51. The number of rotatable bonds is 5. The Morgan fingerprint density at radius 2 is 1.77 bits per heavy atom. The number of carbonyl (C=O) groups excluding carboxylic acids is 3. The Hall–Kier alpha value is -3.53. The molecular formula is C17H18FN3O9. The second-order valence-electron chi connectivity index (χ2n) is 6.31. The Kier molecular flexibility index (Phi) is 7.06. The minimum absolute atomic E-state index is 0.491. The average Bonchev–Trinajstić information content (AvgIpc) is 2.63. The molecule has 0 spiro atoms. The Balaban J connectivity index is 2.59. The molecule has 1 aliphatic rings. The summed E-state index contributed by atoms with van der Waals surface area (Å²) in [4.78, 5) is 59.6. The van der Waals surface area contributed by atoms with Gasteiger partial charge in [-0.3, -0.25) is 28.7 Å². The van der Waals surface area contributed by atoms with Gasteiger partial charge in [0.2, 0.25) is 5.82 Å². The van der Waals surface area contributed by atoms with Crippen LogP contribution in [0.5, 0.6) is 0 Å². The lowest BCUT2D eigenvalue weighted by Gasteiger charge is -2.43. The first-order valence-corrected chi connectivity index (χ1v) is 8.59. The van der Waals surface area contributed by atoms with Gasteiger partial charge < -0.3 is 18.9 Å². The normalized spacial score (nSPS) is 25.6. The van der Waals surface area contributed by atoms with Gasteiger partial charge in [0.25, 0.3) is 5.56 Å². The van der Waals surface area contributed by atoms with Gasteiger partial charge in [0.15, 0.2) is 18.4 Å². The van der Waals surface area contributed by atoms with Crippen molar-refractivity contribution >= 4 is 17.9 Å². The number of aromatic amines is 1. The molecule has 1 aromatic rings. The molecule has 1 aromatic heterocycles. The van der Waals surface area contributed by atoms with Crippen LogP contribution in [0, 0.1) is 23.1 Å². The maximum absolute atomic E-state index is 13.8. The molecule has 1 N–H and O–H groups in total. The van der Waals surface area contributed by atoms with E-state index in [-0.39, 0.29) is 0 Å². The molecule has 2 heterocycles. The Labute approximate surface area is 168 Å². The molecule has 12 nitrogen and oxygen atoms in total. The van der Waals surface area contributed by atoms with E-state index in [0.717, 1.165) is 20.8 Å². The van der Waals surface area contributed by atoms with Crippen LogP contribution in [0.25, 0.3) is 0 Å². The topological polar surface area (TPSA) is 167 Å². The van der Waals surface area contributed by atoms with E-state index in [2.05, 4.69) is 0 Å². The van der Waals surface area contributed by atoms with Crippen molar-refractivity contribution in [2.45, 2.75) is 45.3 Å². The van der Waals surface area contributed by atoms with Crippen molar-refractivity contribution in [1.29, 1.82) is 5.26 Å². The number of ether oxygens (including phenoxy) is 4. The van der Waals surface area contributed by atoms with Crippen molar-refractivity contribution in [1.82, 2.24) is 9.55 Å². The summed E-state index contributed by atoms with van der Waals surface area (Å²) in [5.74, 6) is -5.11. The lowest BCUT2D eigenvalue weighted by atomic mass is 9.89. The van der Waals surface area contributed by atoms with Gasteiger partial charge in [-0.25, -0.2) is 4.79 Å². The average molecular weight is 427 g/mol. The van der Waals surface area contributed by atoms with E-state index in [4.69, 9.17) is 18.9 Å². The number of halogens is 1. The summed E-state index contributed by atoms with van der Waals surface area (Å²) < 4.78 is 35.1. The van der Waals surface area contributed by atoms with Gasteiger partial charge in [0.1, 0.15) is 18.6 Å². The van der Waals surface area contributed by atoms with Crippen LogP contribution in [0.3, 0.4) is 0 Å². The Morgan fingerprint density at radius 1 is 1.17 bits per heavy atom. The molecule has 0 unspecified atom stereocenters. The first-order chi connectivity index (χ1) is 14.0. The smallest absolute Gasteiger partial charge is 0.330 e. The highest BCUT2D eigenvalue weighted by molar-refractivity contribution is 5.67. The number of esters is 3. The van der Waals surface area contributed by atoms with E-state index in [9.17, 15) is 33.6 Å². The lowest BCUT2D eigenvalue weighted by Crippen LogP contribution is -2.57. The van der Waals surface area contributed by atoms with E-state index in [1.807, 2.05) is 6.07 Å². The van der Waals surface area contributed by atoms with Crippen LogP contribution in [-0.4, -0.2) is 52.4 Å². The molecule has 0 radical (unpaired) electrons. The molecule has 1 fully saturated rings. The summed E-state index contributed by atoms with van der Waals surface area (Å²) in [5, 5.41) is 9.67. The van der Waals surface area contributed by atoms with Crippen LogP contribution in [0.15, 0.2) is 15.8 Å². The molecule has 2 rings (SSSR count). The van der Waals surface area contributed by atoms with Gasteiger partial charge in [-0.1, -0.05) is 0 Å². The molecule has 5 atom stereocenters. The summed E-state index contributed by atoms with van der Waals surface area (Å²) in [6, 6.07) is 1.82. The molecule has 162 valence electrons. The zero-order valence-corrected chi connectivity index (χ0v) is 16.1. The minimum atomic E-state index is -1.61. The fraction of sp³-hybridized carbons (Fsp3) is 0.529. The summed E-state index contributed by atoms with van der Waals surface area (Å²) in [6.07, 6.45) is -5.25. The van der Waals surface area contributed by atoms with Gasteiger partial charge in [0.05, 0.1) is 12.3 Å². The summed E-state index contributed by atoms with van der Waals surface area (Å²) >= 11 is 0. The second kappa shape index (κ2) is 9.31. The van der Waals surface area contributed by atoms with E-state index in [0.29, 0.717) is 10.8 Å². The van der Waals surface area contributed by atoms with Crippen molar-refractivity contribution in [3.05, 3.63) is 32.9 Å². The highest BCUT2D eigenvalue weighted by atomic mass is 19.1. The fourth-order valence-corrected chi connectivity index (χ4v) is 2.95. The summed E-state index contributed by atoms with van der Waals surface area (Å²) in [5.41, 5.74) is -2.40. The molecule has 0 aromatic carbocycles. The van der Waals surface area contributed by atoms with E-state index in [1.165, 1.54) is 0 Å². The maximum atomic E-state index is 13.8. The second-order valence-corrected chi connectivity index (χ2v) is 6.31. The van der Waals surface area contributed by atoms with Crippen molar-refractivity contribution in [2.24, 2.45) is 5.92 Å². The third kappa shape index (κ3) is 5.09. The lowest BCUT2D eigenvalue weighted by molar-refractivity contribution is -0.242. The Bertz CT molecular complexity index is 995. The number of nitriles is 1. The molecule has 0 aliphatic carbocycles. The van der Waals surface area contributed by atoms with Crippen LogP contribution >= 0.6 is 0 Å². The number of carbonyl (C=O) groups is 3. The number of hydrogen-bond acceptors (Lipinski definition) is 10. The van der Waals surface area contributed by atoms with Crippen molar-refractivity contribution < 1.29 is 37.7 Å². The van der Waals surface area contributed by atoms with E-state index in [1.54, 1.807) is 4.98 Å². The third-order valence-electron chi connectivity index (χ3n) is 4.07. The van der Waals surface area contributed by atoms with Crippen LogP contribution in [0.1, 0.15) is 27.0 Å². The number of hydrogen-bond donors (Lipinski definition) is 1. The predicted octanol–water partition coefficient (Wildman–Crippen LogP) is -0.861. The van der Waals surface area contributed by atoms with Crippen molar-refractivity contribution in [3.8, 4) is 6.07 Å². The first-order valence-electron chi connectivity index (χ1n) is 8.59. The number of aromatic nitrogens is 2. The molecule has 0 saturated carbocycles. The number of H-pyrrole nitrogens is 1. The van der Waals surface area contributed by atoms with E-state index >= 15 is 0 Å². The Morgan fingerprint density at radius 3 is 2.30 bits per heavy atom. The summed E-state index contributed by atoms with van der Waals surface area (Å²) in [6.45, 7) is 2.70. The zero-order valence-electron chi connectivity index (χ0n) is 16.1. The third-order valence-corrected chi connectivity index (χ3v) is 4.07. The standard InChI is InChI=1S/C17H18FN3O9/c1-7(22)27-6-12-13(28-8(2)23)10(4-19)14(29-9(3)24)16(30-12)21-5-11(18)15(25)20-17(21)26/h5,10,12-14,16H,6H2,1-3H3,(H,20,25,26)/t10-,12-,13+,14-,16-/m1/s1. The van der Waals surface area contributed by atoms with Gasteiger partial charge in [-0.2, -0.15) is 9.65 Å². The molecular weight excluding hydrogens is 409 g/mol. The van der Waals surface area contributed by atoms with Crippen LogP contribution in [-0.2, 0) is 33.3 Å². The van der Waals surface area contributed by atoms with Crippen LogP contribution in [0.2, 0.25) is 0 Å². The largest absolute Gasteiger partial charge is 0.463 e. The number of nitrogens with one attached hydrogen (secondary N) is 1. The molecule has 0 amide bonds. The van der Waals surface area contributed by atoms with Crippen LogP contribution < -0.4 is 11.2 Å². The van der Waals surface area contributed by atoms with Gasteiger partial charge >= 0.3 is 23.6 Å². The summed E-state index contributed by atoms with van der Waals surface area (Å²) in [7, 11) is 0. The fourth-order valence-electron chi connectivity index (χ4n) is 2.95. The first kappa shape index (κ1) is 22.8.